The third-order valence-corrected chi connectivity index (χ3v) is 4.56. The molecule has 7 heteroatoms. The average Bonchev–Trinajstić information content (AvgIpc) is 2.97. The van der Waals surface area contributed by atoms with Crippen LogP contribution in [0.2, 0.25) is 0 Å². The molecule has 0 radical (unpaired) electrons. The summed E-state index contributed by atoms with van der Waals surface area (Å²) < 4.78 is 6.48. The summed E-state index contributed by atoms with van der Waals surface area (Å²) >= 11 is 1.60. The van der Waals surface area contributed by atoms with E-state index < -0.39 is 12.0 Å². The highest BCUT2D eigenvalue weighted by Crippen LogP contribution is 2.21. The Hall–Kier alpha value is -2.28. The number of carbonyl (C=O) groups excluding carboxylic acids is 3. The number of para-hydroxylation sites is 1. The van der Waals surface area contributed by atoms with Gasteiger partial charge in [-0.25, -0.2) is 4.79 Å². The Morgan fingerprint density at radius 1 is 1.28 bits per heavy atom. The molecular weight excluding hydrogens is 340 g/mol. The molecule has 0 bridgehead atoms. The number of amides is 1. The van der Waals surface area contributed by atoms with Gasteiger partial charge in [0.25, 0.3) is 0 Å². The van der Waals surface area contributed by atoms with E-state index in [0.717, 1.165) is 16.7 Å². The number of nitrogens with zero attached hydrogens (tertiary/aromatic N) is 1. The first-order valence-electron chi connectivity index (χ1n) is 7.92. The molecule has 2 aromatic rings. The lowest BCUT2D eigenvalue weighted by molar-refractivity contribution is -0.145. The van der Waals surface area contributed by atoms with Crippen molar-refractivity contribution in [1.82, 2.24) is 9.88 Å². The molecule has 0 saturated heterocycles. The van der Waals surface area contributed by atoms with Crippen molar-refractivity contribution in [3.8, 4) is 0 Å². The number of ether oxygens (including phenoxy) is 1. The van der Waals surface area contributed by atoms with Gasteiger partial charge in [0.15, 0.2) is 5.78 Å². The molecule has 0 aliphatic rings. The summed E-state index contributed by atoms with van der Waals surface area (Å²) in [7, 11) is 1.30. The van der Waals surface area contributed by atoms with Crippen molar-refractivity contribution in [2.45, 2.75) is 25.9 Å². The molecule has 1 N–H and O–H groups in total. The molecule has 0 fully saturated rings. The van der Waals surface area contributed by atoms with Gasteiger partial charge in [-0.2, -0.15) is 11.8 Å². The molecule has 1 heterocycles. The first-order chi connectivity index (χ1) is 12.0. The van der Waals surface area contributed by atoms with Crippen molar-refractivity contribution in [2.24, 2.45) is 0 Å². The number of Topliss-reactive ketones (excluding diaryl/α,β-unsaturated/α-hetero) is 1. The van der Waals surface area contributed by atoms with Gasteiger partial charge in [0.05, 0.1) is 7.11 Å². The minimum Gasteiger partial charge on any atom is -0.467 e. The maximum Gasteiger partial charge on any atom is 0.328 e. The molecule has 1 aromatic heterocycles. The third-order valence-electron chi connectivity index (χ3n) is 3.91. The molecule has 1 unspecified atom stereocenters. The second-order valence-corrected chi connectivity index (χ2v) is 6.65. The third kappa shape index (κ3) is 4.63. The van der Waals surface area contributed by atoms with Crippen LogP contribution in [0.4, 0.5) is 0 Å². The monoisotopic (exact) mass is 362 g/mol. The fraction of sp³-hybridized carbons (Fsp3) is 0.389. The second kappa shape index (κ2) is 8.71. The number of benzene rings is 1. The number of esters is 1. The van der Waals surface area contributed by atoms with Gasteiger partial charge in [0.1, 0.15) is 12.6 Å². The number of thioether (sulfide) groups is 1. The Bertz CT molecular complexity index is 784. The van der Waals surface area contributed by atoms with Crippen LogP contribution in [0.5, 0.6) is 0 Å². The lowest BCUT2D eigenvalue weighted by Gasteiger charge is -2.16. The van der Waals surface area contributed by atoms with Crippen LogP contribution in [-0.4, -0.2) is 47.4 Å². The van der Waals surface area contributed by atoms with E-state index in [2.05, 4.69) is 5.32 Å². The highest BCUT2D eigenvalue weighted by Gasteiger charge is 2.21. The number of rotatable bonds is 8. The summed E-state index contributed by atoms with van der Waals surface area (Å²) in [5, 5.41) is 3.54. The van der Waals surface area contributed by atoms with Gasteiger partial charge in [-0.1, -0.05) is 18.2 Å². The maximum atomic E-state index is 12.4. The predicted molar refractivity (Wildman–Crippen MR) is 98.9 cm³/mol. The number of aromatic nitrogens is 1. The number of hydrogen-bond acceptors (Lipinski definition) is 5. The van der Waals surface area contributed by atoms with Crippen LogP contribution in [0, 0.1) is 0 Å². The Morgan fingerprint density at radius 2 is 2.00 bits per heavy atom. The van der Waals surface area contributed by atoms with Gasteiger partial charge in [-0.3, -0.25) is 9.59 Å². The smallest absolute Gasteiger partial charge is 0.328 e. The summed E-state index contributed by atoms with van der Waals surface area (Å²) in [5.74, 6) is -0.0691. The van der Waals surface area contributed by atoms with Crippen LogP contribution in [-0.2, 0) is 20.9 Å². The summed E-state index contributed by atoms with van der Waals surface area (Å²) in [6.07, 6.45) is 4.12. The molecule has 6 nitrogen and oxygen atoms in total. The summed E-state index contributed by atoms with van der Waals surface area (Å²) in [4.78, 5) is 36.0. The molecule has 0 saturated carbocycles. The quantitative estimate of drug-likeness (QED) is 0.576. The lowest BCUT2D eigenvalue weighted by Crippen LogP contribution is -2.43. The van der Waals surface area contributed by atoms with Gasteiger partial charge in [0.2, 0.25) is 5.91 Å². The van der Waals surface area contributed by atoms with Gasteiger partial charge < -0.3 is 14.6 Å². The fourth-order valence-electron chi connectivity index (χ4n) is 2.68. The van der Waals surface area contributed by atoms with E-state index >= 15 is 0 Å². The highest BCUT2D eigenvalue weighted by atomic mass is 32.2. The average molecular weight is 362 g/mol. The minimum atomic E-state index is -0.668. The first kappa shape index (κ1) is 19.1. The molecule has 25 heavy (non-hydrogen) atoms. The normalized spacial score (nSPS) is 12.0. The van der Waals surface area contributed by atoms with Gasteiger partial charge in [0, 0.05) is 22.7 Å². The van der Waals surface area contributed by atoms with Crippen molar-refractivity contribution in [1.29, 1.82) is 0 Å². The topological polar surface area (TPSA) is 77.4 Å². The SMILES string of the molecule is COC(=O)C(CCSC)NC(=O)Cn1cc(C(C)=O)c2ccccc21. The van der Waals surface area contributed by atoms with Crippen LogP contribution in [0.25, 0.3) is 10.9 Å². The van der Waals surface area contributed by atoms with Crippen molar-refractivity contribution in [3.63, 3.8) is 0 Å². The van der Waals surface area contributed by atoms with E-state index in [1.165, 1.54) is 14.0 Å². The van der Waals surface area contributed by atoms with Crippen LogP contribution in [0.1, 0.15) is 23.7 Å². The zero-order chi connectivity index (χ0) is 18.4. The molecule has 1 aromatic carbocycles. The number of nitrogens with one attached hydrogen (secondary N) is 1. The summed E-state index contributed by atoms with van der Waals surface area (Å²) in [5.41, 5.74) is 1.39. The predicted octanol–water partition coefficient (Wildman–Crippen LogP) is 2.25. The van der Waals surface area contributed by atoms with Crippen LogP contribution < -0.4 is 5.32 Å². The number of hydrogen-bond donors (Lipinski definition) is 1. The van der Waals surface area contributed by atoms with Gasteiger partial charge in [-0.15, -0.1) is 0 Å². The largest absolute Gasteiger partial charge is 0.467 e. The lowest BCUT2D eigenvalue weighted by atomic mass is 10.1. The molecule has 0 aliphatic heterocycles. The van der Waals surface area contributed by atoms with E-state index in [9.17, 15) is 14.4 Å². The van der Waals surface area contributed by atoms with Crippen molar-refractivity contribution in [3.05, 3.63) is 36.0 Å². The first-order valence-corrected chi connectivity index (χ1v) is 9.32. The van der Waals surface area contributed by atoms with Crippen LogP contribution in [0.15, 0.2) is 30.5 Å². The second-order valence-electron chi connectivity index (χ2n) is 5.67. The van der Waals surface area contributed by atoms with E-state index in [-0.39, 0.29) is 18.2 Å². The van der Waals surface area contributed by atoms with Gasteiger partial charge >= 0.3 is 5.97 Å². The zero-order valence-corrected chi connectivity index (χ0v) is 15.4. The Labute approximate surface area is 150 Å². The molecule has 2 rings (SSSR count). The number of carbonyl (C=O) groups is 3. The summed E-state index contributed by atoms with van der Waals surface area (Å²) in [6, 6.07) is 6.77. The zero-order valence-electron chi connectivity index (χ0n) is 14.6. The van der Waals surface area contributed by atoms with Gasteiger partial charge in [-0.05, 0) is 31.4 Å². The van der Waals surface area contributed by atoms with Crippen molar-refractivity contribution in [2.75, 3.05) is 19.1 Å². The van der Waals surface area contributed by atoms with Crippen LogP contribution in [0.3, 0.4) is 0 Å². The fourth-order valence-corrected chi connectivity index (χ4v) is 3.15. The van der Waals surface area contributed by atoms with Crippen LogP contribution >= 0.6 is 11.8 Å². The van der Waals surface area contributed by atoms with E-state index in [1.807, 2.05) is 30.5 Å². The molecular formula is C18H22N2O4S. The Kier molecular flexibility index (Phi) is 6.64. The Morgan fingerprint density at radius 3 is 2.64 bits per heavy atom. The summed E-state index contributed by atoms with van der Waals surface area (Å²) in [6.45, 7) is 1.53. The number of ketones is 1. The van der Waals surface area contributed by atoms with E-state index in [4.69, 9.17) is 4.74 Å². The standard InChI is InChI=1S/C18H22N2O4S/c1-12(21)14-10-20(16-7-5-4-6-13(14)16)11-17(22)19-15(8-9-25-3)18(23)24-2/h4-7,10,15H,8-9,11H2,1-3H3,(H,19,22). The highest BCUT2D eigenvalue weighted by molar-refractivity contribution is 7.98. The van der Waals surface area contributed by atoms with E-state index in [0.29, 0.717) is 12.0 Å². The van der Waals surface area contributed by atoms with Crippen molar-refractivity contribution < 1.29 is 19.1 Å². The number of methoxy groups -OCH3 is 1. The maximum absolute atomic E-state index is 12.4. The molecule has 0 spiro atoms. The minimum absolute atomic E-state index is 0.0283. The molecule has 134 valence electrons. The molecule has 0 aliphatic carbocycles. The van der Waals surface area contributed by atoms with E-state index in [1.54, 1.807) is 22.5 Å². The number of fused-ring (bicyclic) bond motifs is 1. The molecule has 1 amide bonds. The molecule has 1 atom stereocenters. The Balaban J connectivity index is 2.18. The van der Waals surface area contributed by atoms with Crippen molar-refractivity contribution >= 4 is 40.3 Å².